The molecule has 3 N–H and O–H groups in total. The molecule has 0 unspecified atom stereocenters. The van der Waals surface area contributed by atoms with E-state index in [-0.39, 0.29) is 5.75 Å². The number of rotatable bonds is 11. The van der Waals surface area contributed by atoms with Crippen molar-refractivity contribution in [2.75, 3.05) is 27.7 Å². The molecule has 8 heteroatoms. The van der Waals surface area contributed by atoms with Gasteiger partial charge in [0.25, 0.3) is 0 Å². The number of para-hydroxylation sites is 4. The molecule has 7 rings (SSSR count). The number of fused-ring (bicyclic) bond motifs is 4. The molecule has 2 heterocycles. The lowest BCUT2D eigenvalue weighted by molar-refractivity contribution is 0.595. The Hall–Kier alpha value is -5.21. The number of benzene rings is 5. The molecular formula is C37H33N5O2S. The van der Waals surface area contributed by atoms with Gasteiger partial charge < -0.3 is 10.6 Å². The fraction of sp³-hybridized carbons (Fsp3) is 0.135. The van der Waals surface area contributed by atoms with Gasteiger partial charge in [-0.3, -0.25) is 4.72 Å². The fourth-order valence-electron chi connectivity index (χ4n) is 5.81. The van der Waals surface area contributed by atoms with Crippen molar-refractivity contribution < 1.29 is 8.42 Å². The number of hydrogen-bond acceptors (Lipinski definition) is 6. The number of anilines is 4. The predicted molar refractivity (Wildman–Crippen MR) is 188 cm³/mol. The molecule has 0 fully saturated rings. The third-order valence-corrected chi connectivity index (χ3v) is 9.37. The summed E-state index contributed by atoms with van der Waals surface area (Å²) in [4.78, 5) is 9.57. The van der Waals surface area contributed by atoms with E-state index in [1.54, 1.807) is 12.1 Å². The van der Waals surface area contributed by atoms with E-state index in [4.69, 9.17) is 9.97 Å². The van der Waals surface area contributed by atoms with E-state index in [1.807, 2.05) is 84.9 Å². The summed E-state index contributed by atoms with van der Waals surface area (Å²) >= 11 is 0. The van der Waals surface area contributed by atoms with Crippen LogP contribution in [0, 0.1) is 0 Å². The first-order valence-corrected chi connectivity index (χ1v) is 16.9. The molecule has 0 radical (unpaired) electrons. The molecule has 0 aliphatic heterocycles. The Morgan fingerprint density at radius 3 is 1.44 bits per heavy atom. The van der Waals surface area contributed by atoms with Crippen LogP contribution in [0.15, 0.2) is 121 Å². The van der Waals surface area contributed by atoms with Gasteiger partial charge in [0.15, 0.2) is 0 Å². The van der Waals surface area contributed by atoms with E-state index < -0.39 is 10.0 Å². The lowest BCUT2D eigenvalue weighted by atomic mass is 10.1. The van der Waals surface area contributed by atoms with Crippen LogP contribution in [-0.2, 0) is 10.0 Å². The Morgan fingerprint density at radius 1 is 0.489 bits per heavy atom. The molecule has 45 heavy (non-hydrogen) atoms. The monoisotopic (exact) mass is 611 g/mol. The number of nitrogens with one attached hydrogen (secondary N) is 3. The number of nitrogens with zero attached hydrogens (tertiary/aromatic N) is 2. The summed E-state index contributed by atoms with van der Waals surface area (Å²) in [5, 5.41) is 11.4. The van der Waals surface area contributed by atoms with E-state index in [9.17, 15) is 8.42 Å². The zero-order chi connectivity index (χ0) is 30.6. The van der Waals surface area contributed by atoms with E-state index in [2.05, 4.69) is 39.6 Å². The van der Waals surface area contributed by atoms with Crippen LogP contribution < -0.4 is 15.4 Å². The summed E-state index contributed by atoms with van der Waals surface area (Å²) in [6.45, 7) is 0.752. The first kappa shape index (κ1) is 28.6. The molecule has 0 atom stereocenters. The highest BCUT2D eigenvalue weighted by atomic mass is 32.2. The Kier molecular flexibility index (Phi) is 7.88. The van der Waals surface area contributed by atoms with Crippen LogP contribution in [0.5, 0.6) is 0 Å². The highest BCUT2D eigenvalue weighted by molar-refractivity contribution is 7.92. The molecule has 5 aromatic carbocycles. The maximum atomic E-state index is 12.9. The average Bonchev–Trinajstić information content (AvgIpc) is 3.06. The molecule has 7 nitrogen and oxygen atoms in total. The highest BCUT2D eigenvalue weighted by Crippen LogP contribution is 2.34. The zero-order valence-electron chi connectivity index (χ0n) is 24.7. The van der Waals surface area contributed by atoms with Crippen LogP contribution in [0.2, 0.25) is 0 Å². The van der Waals surface area contributed by atoms with E-state index >= 15 is 0 Å². The summed E-state index contributed by atoms with van der Waals surface area (Å²) in [5.41, 5.74) is 7.21. The Bertz CT molecular complexity index is 2140. The third kappa shape index (κ3) is 6.23. The molecule has 2 aromatic heterocycles. The number of aromatic nitrogens is 2. The lowest BCUT2D eigenvalue weighted by Crippen LogP contribution is -2.17. The van der Waals surface area contributed by atoms with Gasteiger partial charge in [0.1, 0.15) is 0 Å². The molecule has 0 aliphatic carbocycles. The zero-order valence-corrected chi connectivity index (χ0v) is 25.5. The van der Waals surface area contributed by atoms with Crippen molar-refractivity contribution in [3.63, 3.8) is 0 Å². The maximum absolute atomic E-state index is 12.9. The van der Waals surface area contributed by atoms with Crippen molar-refractivity contribution in [1.29, 1.82) is 0 Å². The summed E-state index contributed by atoms with van der Waals surface area (Å²) < 4.78 is 28.5. The van der Waals surface area contributed by atoms with Gasteiger partial charge in [0.05, 0.1) is 39.2 Å². The lowest BCUT2D eigenvalue weighted by Gasteiger charge is -2.14. The topological polar surface area (TPSA) is 96.0 Å². The first-order valence-electron chi connectivity index (χ1n) is 15.2. The van der Waals surface area contributed by atoms with Gasteiger partial charge in [-0.2, -0.15) is 0 Å². The average molecular weight is 612 g/mol. The van der Waals surface area contributed by atoms with Gasteiger partial charge in [-0.15, -0.1) is 0 Å². The molecule has 0 aliphatic rings. The van der Waals surface area contributed by atoms with E-state index in [0.717, 1.165) is 80.1 Å². The van der Waals surface area contributed by atoms with Gasteiger partial charge in [0.2, 0.25) is 10.0 Å². The highest BCUT2D eigenvalue weighted by Gasteiger charge is 2.13. The number of hydrogen-bond donors (Lipinski definition) is 3. The second kappa shape index (κ2) is 12.4. The Morgan fingerprint density at radius 2 is 0.933 bits per heavy atom. The molecule has 0 amide bonds. The predicted octanol–water partition coefficient (Wildman–Crippen LogP) is 8.86. The quantitative estimate of drug-likeness (QED) is 0.0999. The molecule has 0 spiro atoms. The van der Waals surface area contributed by atoms with E-state index in [1.165, 1.54) is 0 Å². The fourth-order valence-corrected chi connectivity index (χ4v) is 6.99. The summed E-state index contributed by atoms with van der Waals surface area (Å²) in [5.74, 6) is 0.0725. The van der Waals surface area contributed by atoms with Gasteiger partial charge in [-0.1, -0.05) is 79.2 Å². The normalized spacial score (nSPS) is 11.7. The summed E-state index contributed by atoms with van der Waals surface area (Å²) in [6, 6.07) is 39.7. The number of pyridine rings is 2. The maximum Gasteiger partial charge on any atom is 0.232 e. The van der Waals surface area contributed by atoms with E-state index in [0.29, 0.717) is 12.1 Å². The second-order valence-electron chi connectivity index (χ2n) is 11.2. The SMILES string of the molecule is O=S(=O)(CCCCCNc1c2ccccc2nc2ccccc12)Nc1ccc(Nc2c3ccccc3nc3ccccc23)cc1. The Labute approximate surface area is 262 Å². The van der Waals surface area contributed by atoms with Crippen LogP contribution in [0.25, 0.3) is 43.6 Å². The molecular weight excluding hydrogens is 579 g/mol. The minimum Gasteiger partial charge on any atom is -0.384 e. The van der Waals surface area contributed by atoms with Gasteiger partial charge in [0, 0.05) is 39.5 Å². The second-order valence-corrected chi connectivity index (χ2v) is 13.0. The summed E-state index contributed by atoms with van der Waals surface area (Å²) in [6.07, 6.45) is 2.24. The van der Waals surface area contributed by atoms with Gasteiger partial charge in [-0.25, -0.2) is 18.4 Å². The largest absolute Gasteiger partial charge is 0.384 e. The van der Waals surface area contributed by atoms with Crippen molar-refractivity contribution in [3.05, 3.63) is 121 Å². The minimum atomic E-state index is -3.47. The number of sulfonamides is 1. The molecule has 0 saturated carbocycles. The van der Waals surface area contributed by atoms with Crippen molar-refractivity contribution in [3.8, 4) is 0 Å². The molecule has 0 saturated heterocycles. The number of unbranched alkanes of at least 4 members (excludes halogenated alkanes) is 2. The molecule has 7 aromatic rings. The van der Waals surface area contributed by atoms with Gasteiger partial charge >= 0.3 is 0 Å². The summed E-state index contributed by atoms with van der Waals surface area (Å²) in [7, 11) is -3.47. The van der Waals surface area contributed by atoms with Crippen LogP contribution in [0.4, 0.5) is 22.7 Å². The Balaban J connectivity index is 0.944. The third-order valence-electron chi connectivity index (χ3n) is 7.99. The van der Waals surface area contributed by atoms with Gasteiger partial charge in [-0.05, 0) is 61.4 Å². The van der Waals surface area contributed by atoms with Crippen LogP contribution >= 0.6 is 0 Å². The first-order chi connectivity index (χ1) is 22.0. The van der Waals surface area contributed by atoms with Crippen molar-refractivity contribution >= 4 is 76.4 Å². The van der Waals surface area contributed by atoms with Crippen molar-refractivity contribution in [1.82, 2.24) is 9.97 Å². The van der Waals surface area contributed by atoms with Crippen LogP contribution in [0.1, 0.15) is 19.3 Å². The molecule has 224 valence electrons. The smallest absolute Gasteiger partial charge is 0.232 e. The van der Waals surface area contributed by atoms with Crippen LogP contribution in [-0.4, -0.2) is 30.7 Å². The van der Waals surface area contributed by atoms with Crippen LogP contribution in [0.3, 0.4) is 0 Å². The minimum absolute atomic E-state index is 0.0725. The standard InChI is InChI=1S/C37H33N5O2S/c43-45(44,25-11-1-10-24-38-36-28-12-2-6-16-32(28)40-33-17-7-3-13-29(33)36)42-27-22-20-26(21-23-27)39-37-30-14-4-8-18-34(30)41-35-19-9-5-15-31(35)37/h2-9,12-23,42H,1,10-11,24-25H2,(H,38,40)(H,39,41). The van der Waals surface area contributed by atoms with Crippen molar-refractivity contribution in [2.45, 2.75) is 19.3 Å². The van der Waals surface area contributed by atoms with Crippen molar-refractivity contribution in [2.24, 2.45) is 0 Å². The molecule has 0 bridgehead atoms.